The Hall–Kier alpha value is -2.54. The van der Waals surface area contributed by atoms with Gasteiger partial charge in [0, 0.05) is 41.8 Å². The highest BCUT2D eigenvalue weighted by molar-refractivity contribution is 9.10. The fraction of sp³-hybridized carbons (Fsp3) is 0.391. The average Bonchev–Trinajstić information content (AvgIpc) is 3.52. The topological polar surface area (TPSA) is 59.1 Å². The van der Waals surface area contributed by atoms with Gasteiger partial charge in [-0.1, -0.05) is 28.1 Å². The molecule has 2 amide bonds. The largest absolute Gasteiger partial charge is 0.493 e. The van der Waals surface area contributed by atoms with E-state index in [2.05, 4.69) is 15.9 Å². The fourth-order valence-corrected chi connectivity index (χ4v) is 4.40. The first-order valence-electron chi connectivity index (χ1n) is 10.1. The number of hydrogen-bond acceptors (Lipinski definition) is 4. The van der Waals surface area contributed by atoms with Gasteiger partial charge in [0.05, 0.1) is 20.1 Å². The van der Waals surface area contributed by atoms with Crippen LogP contribution >= 0.6 is 15.9 Å². The van der Waals surface area contributed by atoms with Crippen molar-refractivity contribution < 1.29 is 19.1 Å². The lowest BCUT2D eigenvalue weighted by Crippen LogP contribution is -2.38. The highest BCUT2D eigenvalue weighted by atomic mass is 79.9. The molecular weight excluding hydrogens is 448 g/mol. The Morgan fingerprint density at radius 3 is 2.57 bits per heavy atom. The number of hydrogen-bond donors (Lipinski definition) is 0. The predicted octanol–water partition coefficient (Wildman–Crippen LogP) is 4.01. The number of anilines is 1. The van der Waals surface area contributed by atoms with Crippen molar-refractivity contribution in [2.75, 3.05) is 25.7 Å². The molecule has 4 rings (SSSR count). The monoisotopic (exact) mass is 472 g/mol. The molecule has 1 saturated carbocycles. The van der Waals surface area contributed by atoms with Gasteiger partial charge in [-0.2, -0.15) is 0 Å². The van der Waals surface area contributed by atoms with Crippen molar-refractivity contribution in [1.82, 2.24) is 4.90 Å². The molecule has 2 aromatic rings. The summed E-state index contributed by atoms with van der Waals surface area (Å²) in [4.78, 5) is 29.7. The molecule has 0 spiro atoms. The number of carbonyl (C=O) groups excluding carboxylic acids is 2. The van der Waals surface area contributed by atoms with Crippen LogP contribution in [0.1, 0.15) is 24.8 Å². The Morgan fingerprint density at radius 1 is 1.13 bits per heavy atom. The van der Waals surface area contributed by atoms with Gasteiger partial charge in [-0.15, -0.1) is 0 Å². The molecule has 158 valence electrons. The maximum atomic E-state index is 13.4. The molecule has 0 radical (unpaired) electrons. The van der Waals surface area contributed by atoms with Crippen molar-refractivity contribution in [2.24, 2.45) is 5.92 Å². The lowest BCUT2D eigenvalue weighted by Gasteiger charge is -2.26. The molecule has 0 aromatic heterocycles. The average molecular weight is 473 g/mol. The zero-order chi connectivity index (χ0) is 21.3. The first kappa shape index (κ1) is 20.7. The fourth-order valence-electron chi connectivity index (χ4n) is 3.96. The van der Waals surface area contributed by atoms with E-state index in [9.17, 15) is 9.59 Å². The summed E-state index contributed by atoms with van der Waals surface area (Å²) in [6.45, 7) is 0.957. The van der Waals surface area contributed by atoms with E-state index in [4.69, 9.17) is 9.47 Å². The molecule has 0 N–H and O–H groups in total. The third kappa shape index (κ3) is 4.31. The number of halogens is 1. The molecule has 1 atom stereocenters. The van der Waals surface area contributed by atoms with Gasteiger partial charge in [-0.05, 0) is 42.7 Å². The Balaban J connectivity index is 1.50. The minimum absolute atomic E-state index is 0.0428. The van der Waals surface area contributed by atoms with Gasteiger partial charge < -0.3 is 19.3 Å². The maximum absolute atomic E-state index is 13.4. The number of amides is 2. The second-order valence-corrected chi connectivity index (χ2v) is 8.69. The van der Waals surface area contributed by atoms with Gasteiger partial charge in [0.1, 0.15) is 0 Å². The molecule has 1 unspecified atom stereocenters. The molecule has 30 heavy (non-hydrogen) atoms. The van der Waals surface area contributed by atoms with Crippen LogP contribution in [0, 0.1) is 5.92 Å². The number of carbonyl (C=O) groups is 2. The van der Waals surface area contributed by atoms with Gasteiger partial charge in [0.2, 0.25) is 11.8 Å². The second-order valence-electron chi connectivity index (χ2n) is 7.77. The smallest absolute Gasteiger partial charge is 0.228 e. The van der Waals surface area contributed by atoms with Crippen molar-refractivity contribution in [1.29, 1.82) is 0 Å². The van der Waals surface area contributed by atoms with Crippen molar-refractivity contribution >= 4 is 33.4 Å². The molecular formula is C23H25BrN2O4. The van der Waals surface area contributed by atoms with Crippen LogP contribution in [0.3, 0.4) is 0 Å². The van der Waals surface area contributed by atoms with Gasteiger partial charge in [0.15, 0.2) is 11.5 Å². The number of methoxy groups -OCH3 is 2. The molecule has 1 heterocycles. The van der Waals surface area contributed by atoms with E-state index in [1.54, 1.807) is 31.3 Å². The molecule has 2 aliphatic rings. The summed E-state index contributed by atoms with van der Waals surface area (Å²) in [5.74, 6) is 0.854. The van der Waals surface area contributed by atoms with Crippen molar-refractivity contribution in [3.05, 3.63) is 52.5 Å². The zero-order valence-electron chi connectivity index (χ0n) is 17.1. The van der Waals surface area contributed by atoms with Crippen molar-refractivity contribution in [3.8, 4) is 11.5 Å². The molecule has 6 nitrogen and oxygen atoms in total. The van der Waals surface area contributed by atoms with Crippen LogP contribution in [-0.4, -0.2) is 43.5 Å². The summed E-state index contributed by atoms with van der Waals surface area (Å²) >= 11 is 3.50. The quantitative estimate of drug-likeness (QED) is 0.610. The van der Waals surface area contributed by atoms with Crippen LogP contribution in [0.25, 0.3) is 0 Å². The Labute approximate surface area is 184 Å². The molecule has 0 bridgehead atoms. The van der Waals surface area contributed by atoms with E-state index in [-0.39, 0.29) is 30.2 Å². The minimum Gasteiger partial charge on any atom is -0.493 e. The lowest BCUT2D eigenvalue weighted by molar-refractivity contribution is -0.137. The van der Waals surface area contributed by atoms with Gasteiger partial charge >= 0.3 is 0 Å². The van der Waals surface area contributed by atoms with E-state index in [0.717, 1.165) is 28.6 Å². The molecule has 1 saturated heterocycles. The molecule has 1 aliphatic carbocycles. The highest BCUT2D eigenvalue weighted by Gasteiger charge is 2.41. The van der Waals surface area contributed by atoms with Crippen LogP contribution in [0.5, 0.6) is 11.5 Å². The van der Waals surface area contributed by atoms with Gasteiger partial charge in [-0.3, -0.25) is 9.59 Å². The molecule has 1 aliphatic heterocycles. The number of nitrogens with zero attached hydrogens (tertiary/aromatic N) is 2. The first-order chi connectivity index (χ1) is 14.5. The molecule has 2 aromatic carbocycles. The first-order valence-corrected chi connectivity index (χ1v) is 10.9. The third-order valence-corrected chi connectivity index (χ3v) is 6.16. The van der Waals surface area contributed by atoms with E-state index in [1.165, 1.54) is 0 Å². The van der Waals surface area contributed by atoms with E-state index in [1.807, 2.05) is 35.2 Å². The van der Waals surface area contributed by atoms with E-state index in [0.29, 0.717) is 24.6 Å². The summed E-state index contributed by atoms with van der Waals surface area (Å²) < 4.78 is 11.6. The summed E-state index contributed by atoms with van der Waals surface area (Å²) in [6, 6.07) is 13.7. The van der Waals surface area contributed by atoms with Crippen LogP contribution in [0.4, 0.5) is 5.69 Å². The summed E-state index contributed by atoms with van der Waals surface area (Å²) in [5, 5.41) is 0. The van der Waals surface area contributed by atoms with Gasteiger partial charge in [-0.25, -0.2) is 0 Å². The standard InChI is InChI=1S/C23H25BrN2O4/c1-29-20-9-8-19(12-21(20)30-2)25-14-16(11-22(25)27)23(28)26(18-6-7-18)13-15-4-3-5-17(24)10-15/h3-5,8-10,12,16,18H,6-7,11,13-14H2,1-2H3. The van der Waals surface area contributed by atoms with E-state index >= 15 is 0 Å². The second kappa shape index (κ2) is 8.68. The van der Waals surface area contributed by atoms with Crippen LogP contribution in [0.15, 0.2) is 46.9 Å². The van der Waals surface area contributed by atoms with Gasteiger partial charge in [0.25, 0.3) is 0 Å². The molecule has 2 fully saturated rings. The minimum atomic E-state index is -0.335. The van der Waals surface area contributed by atoms with Crippen LogP contribution < -0.4 is 14.4 Å². The Bertz CT molecular complexity index is 960. The SMILES string of the molecule is COc1ccc(N2CC(C(=O)N(Cc3cccc(Br)c3)C3CC3)CC2=O)cc1OC. The summed E-state index contributed by atoms with van der Waals surface area (Å²) in [5.41, 5.74) is 1.81. The highest BCUT2D eigenvalue weighted by Crippen LogP contribution is 2.36. The van der Waals surface area contributed by atoms with Crippen molar-refractivity contribution in [3.63, 3.8) is 0 Å². The summed E-state index contributed by atoms with van der Waals surface area (Å²) in [7, 11) is 3.14. The lowest BCUT2D eigenvalue weighted by atomic mass is 10.1. The normalized spacial score (nSPS) is 18.4. The van der Waals surface area contributed by atoms with Crippen LogP contribution in [-0.2, 0) is 16.1 Å². The summed E-state index contributed by atoms with van der Waals surface area (Å²) in [6.07, 6.45) is 2.29. The van der Waals surface area contributed by atoms with E-state index < -0.39 is 0 Å². The third-order valence-electron chi connectivity index (χ3n) is 5.67. The Morgan fingerprint density at radius 2 is 1.90 bits per heavy atom. The predicted molar refractivity (Wildman–Crippen MR) is 118 cm³/mol. The van der Waals surface area contributed by atoms with Crippen LogP contribution in [0.2, 0.25) is 0 Å². The zero-order valence-corrected chi connectivity index (χ0v) is 18.7. The molecule has 7 heteroatoms. The van der Waals surface area contributed by atoms with Crippen molar-refractivity contribution in [2.45, 2.75) is 31.8 Å². The number of rotatable bonds is 7. The maximum Gasteiger partial charge on any atom is 0.228 e. The number of ether oxygens (including phenoxy) is 2. The Kier molecular flexibility index (Phi) is 5.99. The number of benzene rings is 2.